The number of aryl methyl sites for hydroxylation is 1. The average molecular weight is 594 g/mol. The molecule has 152 valence electrons. The molecule has 0 unspecified atom stereocenters. The highest BCUT2D eigenvalue weighted by atomic mass is 79.9. The van der Waals surface area contributed by atoms with E-state index in [1.165, 1.54) is 0 Å². The van der Waals surface area contributed by atoms with Crippen LogP contribution in [0.15, 0.2) is 71.5 Å². The van der Waals surface area contributed by atoms with E-state index in [1.807, 2.05) is 56.3 Å². The number of hydrogen-bond acceptors (Lipinski definition) is 3. The zero-order valence-corrected chi connectivity index (χ0v) is 20.8. The Hall–Kier alpha value is -2.16. The van der Waals surface area contributed by atoms with Crippen LogP contribution in [0.2, 0.25) is 0 Å². The molecule has 2 aromatic carbocycles. The number of amides is 1. The second-order valence-electron chi connectivity index (χ2n) is 6.73. The quantitative estimate of drug-likeness (QED) is 0.207. The van der Waals surface area contributed by atoms with Crippen molar-refractivity contribution < 1.29 is 9.21 Å². The number of fused-ring (bicyclic) bond motifs is 1. The monoisotopic (exact) mass is 591 g/mol. The Balaban J connectivity index is 1.55. The van der Waals surface area contributed by atoms with Gasteiger partial charge in [0.05, 0.1) is 16.4 Å². The Bertz CT molecular complexity index is 1300. The summed E-state index contributed by atoms with van der Waals surface area (Å²) in [5.41, 5.74) is 7.22. The molecule has 0 radical (unpaired) electrons. The summed E-state index contributed by atoms with van der Waals surface area (Å²) in [5.74, 6) is -0.218. The molecule has 0 aliphatic carbocycles. The fourth-order valence-corrected chi connectivity index (χ4v) is 5.13. The lowest BCUT2D eigenvalue weighted by Crippen LogP contribution is -2.16. The number of halogens is 3. The van der Waals surface area contributed by atoms with Crippen LogP contribution in [0.4, 0.5) is 0 Å². The molecular formula is C22H16Br3N3O2. The molecule has 0 bridgehead atoms. The van der Waals surface area contributed by atoms with Gasteiger partial charge in [0.25, 0.3) is 0 Å². The summed E-state index contributed by atoms with van der Waals surface area (Å²) < 4.78 is 10.5. The molecule has 2 heterocycles. The highest BCUT2D eigenvalue weighted by Gasteiger charge is 2.15. The van der Waals surface area contributed by atoms with Crippen molar-refractivity contribution in [1.29, 1.82) is 0 Å². The van der Waals surface area contributed by atoms with Crippen molar-refractivity contribution in [3.63, 3.8) is 0 Å². The number of aromatic nitrogens is 1. The lowest BCUT2D eigenvalue weighted by Gasteiger charge is -2.11. The first-order valence-electron chi connectivity index (χ1n) is 9.01. The van der Waals surface area contributed by atoms with Crippen molar-refractivity contribution >= 4 is 70.9 Å². The molecule has 2 aromatic heterocycles. The molecule has 0 spiro atoms. The normalized spacial score (nSPS) is 11.5. The molecule has 4 rings (SSSR count). The Morgan fingerprint density at radius 3 is 2.60 bits per heavy atom. The van der Waals surface area contributed by atoms with E-state index >= 15 is 0 Å². The van der Waals surface area contributed by atoms with Crippen LogP contribution < -0.4 is 5.43 Å². The van der Waals surface area contributed by atoms with Crippen LogP contribution in [0.25, 0.3) is 16.7 Å². The Labute approximate surface area is 198 Å². The molecule has 30 heavy (non-hydrogen) atoms. The number of furan rings is 1. The van der Waals surface area contributed by atoms with E-state index in [4.69, 9.17) is 4.42 Å². The summed E-state index contributed by atoms with van der Waals surface area (Å²) in [7, 11) is 0. The van der Waals surface area contributed by atoms with Gasteiger partial charge in [-0.25, -0.2) is 5.43 Å². The number of carbonyl (C=O) groups excluding carboxylic acids is 1. The topological polar surface area (TPSA) is 59.5 Å². The minimum absolute atomic E-state index is 0.194. The van der Waals surface area contributed by atoms with E-state index in [-0.39, 0.29) is 5.76 Å². The summed E-state index contributed by atoms with van der Waals surface area (Å²) >= 11 is 10.5. The van der Waals surface area contributed by atoms with Crippen LogP contribution in [0.5, 0.6) is 0 Å². The molecule has 0 saturated carbocycles. The highest BCUT2D eigenvalue weighted by Crippen LogP contribution is 2.31. The predicted octanol–water partition coefficient (Wildman–Crippen LogP) is 6.89. The SMILES string of the molecule is Cc1cc(/C=N\NC(=O)c2cc3cc(Br)cc(Br)c3o2)c(C)n1-c1ccccc1Br. The van der Waals surface area contributed by atoms with E-state index in [1.54, 1.807) is 12.3 Å². The molecule has 0 aliphatic rings. The Morgan fingerprint density at radius 2 is 1.83 bits per heavy atom. The number of nitrogens with one attached hydrogen (secondary N) is 1. The van der Waals surface area contributed by atoms with Gasteiger partial charge in [0.15, 0.2) is 5.76 Å². The Kier molecular flexibility index (Phi) is 5.99. The van der Waals surface area contributed by atoms with Gasteiger partial charge in [0.1, 0.15) is 5.58 Å². The maximum Gasteiger partial charge on any atom is 0.307 e. The largest absolute Gasteiger partial charge is 0.450 e. The third kappa shape index (κ3) is 4.04. The molecular weight excluding hydrogens is 578 g/mol. The maximum absolute atomic E-state index is 12.5. The van der Waals surface area contributed by atoms with E-state index < -0.39 is 5.91 Å². The lowest BCUT2D eigenvalue weighted by atomic mass is 10.2. The summed E-state index contributed by atoms with van der Waals surface area (Å²) in [4.78, 5) is 12.5. The van der Waals surface area contributed by atoms with Gasteiger partial charge in [-0.2, -0.15) is 5.10 Å². The first-order valence-corrected chi connectivity index (χ1v) is 11.4. The van der Waals surface area contributed by atoms with E-state index in [0.717, 1.165) is 41.4 Å². The summed E-state index contributed by atoms with van der Waals surface area (Å²) in [5, 5.41) is 4.95. The zero-order chi connectivity index (χ0) is 21.4. The molecule has 0 saturated heterocycles. The van der Waals surface area contributed by atoms with E-state index in [2.05, 4.69) is 62.9 Å². The van der Waals surface area contributed by atoms with Gasteiger partial charge in [-0.3, -0.25) is 4.79 Å². The number of carbonyl (C=O) groups is 1. The smallest absolute Gasteiger partial charge is 0.307 e. The van der Waals surface area contributed by atoms with Crippen molar-refractivity contribution in [1.82, 2.24) is 9.99 Å². The van der Waals surface area contributed by atoms with Crippen molar-refractivity contribution in [3.05, 3.63) is 84.7 Å². The Morgan fingerprint density at radius 1 is 1.07 bits per heavy atom. The third-order valence-corrected chi connectivity index (χ3v) is 6.41. The fourth-order valence-electron chi connectivity index (χ4n) is 3.33. The van der Waals surface area contributed by atoms with Crippen molar-refractivity contribution in [2.75, 3.05) is 0 Å². The lowest BCUT2D eigenvalue weighted by molar-refractivity contribution is 0.0929. The molecule has 0 atom stereocenters. The maximum atomic E-state index is 12.5. The zero-order valence-electron chi connectivity index (χ0n) is 16.0. The average Bonchev–Trinajstić information content (AvgIpc) is 3.24. The van der Waals surface area contributed by atoms with Crippen LogP contribution in [0.3, 0.4) is 0 Å². The number of benzene rings is 2. The van der Waals surface area contributed by atoms with Gasteiger partial charge < -0.3 is 8.98 Å². The second kappa shape index (κ2) is 8.53. The molecule has 8 heteroatoms. The van der Waals surface area contributed by atoms with Crippen LogP contribution in [0, 0.1) is 13.8 Å². The molecule has 0 fully saturated rings. The van der Waals surface area contributed by atoms with Gasteiger partial charge in [-0.1, -0.05) is 28.1 Å². The highest BCUT2D eigenvalue weighted by molar-refractivity contribution is 9.11. The van der Waals surface area contributed by atoms with E-state index in [0.29, 0.717) is 5.58 Å². The molecule has 1 amide bonds. The van der Waals surface area contributed by atoms with E-state index in [9.17, 15) is 4.79 Å². The van der Waals surface area contributed by atoms with Crippen molar-refractivity contribution in [2.45, 2.75) is 13.8 Å². The molecule has 1 N–H and O–H groups in total. The van der Waals surface area contributed by atoms with Gasteiger partial charge in [-0.15, -0.1) is 0 Å². The van der Waals surface area contributed by atoms with Gasteiger partial charge in [-0.05, 0) is 82.1 Å². The number of rotatable bonds is 4. The minimum Gasteiger partial charge on any atom is -0.450 e. The summed E-state index contributed by atoms with van der Waals surface area (Å²) in [6.07, 6.45) is 1.64. The number of para-hydroxylation sites is 1. The predicted molar refractivity (Wildman–Crippen MR) is 130 cm³/mol. The first-order chi connectivity index (χ1) is 14.3. The molecule has 5 nitrogen and oxygen atoms in total. The second-order valence-corrected chi connectivity index (χ2v) is 9.35. The van der Waals surface area contributed by atoms with Gasteiger partial charge >= 0.3 is 5.91 Å². The van der Waals surface area contributed by atoms with Crippen LogP contribution in [-0.4, -0.2) is 16.7 Å². The van der Waals surface area contributed by atoms with Crippen LogP contribution >= 0.6 is 47.8 Å². The van der Waals surface area contributed by atoms with Gasteiger partial charge in [0.2, 0.25) is 0 Å². The third-order valence-electron chi connectivity index (χ3n) is 4.69. The summed E-state index contributed by atoms with van der Waals surface area (Å²) in [6, 6.07) is 15.5. The molecule has 4 aromatic rings. The first kappa shape index (κ1) is 21.1. The van der Waals surface area contributed by atoms with Crippen molar-refractivity contribution in [2.24, 2.45) is 5.10 Å². The van der Waals surface area contributed by atoms with Crippen LogP contribution in [-0.2, 0) is 0 Å². The minimum atomic E-state index is -0.412. The van der Waals surface area contributed by atoms with Crippen LogP contribution in [0.1, 0.15) is 27.5 Å². The number of nitrogens with zero attached hydrogens (tertiary/aromatic N) is 2. The molecule has 0 aliphatic heterocycles. The number of hydrogen-bond donors (Lipinski definition) is 1. The van der Waals surface area contributed by atoms with Crippen molar-refractivity contribution in [3.8, 4) is 5.69 Å². The van der Waals surface area contributed by atoms with Gasteiger partial charge in [0, 0.05) is 31.3 Å². The number of hydrazone groups is 1. The standard InChI is InChI=1S/C22H16Br3N3O2/c1-12-7-15(13(2)28(12)19-6-4-3-5-17(19)24)11-26-27-22(29)20-9-14-8-16(23)10-18(25)21(14)30-20/h3-11H,1-2H3,(H,27,29)/b26-11-. The summed E-state index contributed by atoms with van der Waals surface area (Å²) in [6.45, 7) is 4.05. The fraction of sp³-hybridized carbons (Fsp3) is 0.0909.